The Morgan fingerprint density at radius 1 is 1.08 bits per heavy atom. The van der Waals surface area contributed by atoms with Crippen molar-refractivity contribution in [2.24, 2.45) is 0 Å². The normalized spacial score (nSPS) is 17.0. The van der Waals surface area contributed by atoms with Gasteiger partial charge < -0.3 is 4.90 Å². The lowest BCUT2D eigenvalue weighted by atomic mass is 10.0. The molecule has 0 aliphatic carbocycles. The summed E-state index contributed by atoms with van der Waals surface area (Å²) in [6, 6.07) is 11.6. The Bertz CT molecular complexity index is 710. The third-order valence-corrected chi connectivity index (χ3v) is 4.60. The molecule has 1 saturated heterocycles. The summed E-state index contributed by atoms with van der Waals surface area (Å²) in [5.41, 5.74) is 2.93. The van der Waals surface area contributed by atoms with Crippen molar-refractivity contribution in [1.82, 2.24) is 9.88 Å². The van der Waals surface area contributed by atoms with Gasteiger partial charge in [-0.1, -0.05) is 29.8 Å². The van der Waals surface area contributed by atoms with E-state index in [9.17, 15) is 9.59 Å². The summed E-state index contributed by atoms with van der Waals surface area (Å²) in [6.07, 6.45) is 6.04. The van der Waals surface area contributed by atoms with E-state index in [0.717, 1.165) is 30.5 Å². The fraction of sp³-hybridized carbons (Fsp3) is 0.350. The van der Waals surface area contributed by atoms with Crippen molar-refractivity contribution < 1.29 is 9.59 Å². The van der Waals surface area contributed by atoms with Crippen molar-refractivity contribution in [1.29, 1.82) is 0 Å². The molecule has 124 valence electrons. The molecule has 1 aromatic heterocycles. The van der Waals surface area contributed by atoms with Gasteiger partial charge >= 0.3 is 0 Å². The number of benzene rings is 1. The highest BCUT2D eigenvalue weighted by Crippen LogP contribution is 2.32. The van der Waals surface area contributed by atoms with E-state index in [-0.39, 0.29) is 30.6 Å². The number of likely N-dealkylation sites (tertiary alicyclic amines) is 1. The van der Waals surface area contributed by atoms with Gasteiger partial charge in [-0.2, -0.15) is 0 Å². The lowest BCUT2D eigenvalue weighted by molar-refractivity contribution is -0.132. The number of carbonyl (C=O) groups excluding carboxylic acids is 2. The molecule has 3 rings (SSSR count). The molecule has 0 spiro atoms. The minimum Gasteiger partial charge on any atom is -0.336 e. The van der Waals surface area contributed by atoms with Gasteiger partial charge in [0.1, 0.15) is 0 Å². The Balaban J connectivity index is 1.60. The van der Waals surface area contributed by atoms with Crippen LogP contribution in [0.5, 0.6) is 0 Å². The molecule has 0 saturated carbocycles. The van der Waals surface area contributed by atoms with Gasteiger partial charge in [-0.05, 0) is 37.5 Å². The first-order valence-corrected chi connectivity index (χ1v) is 8.44. The second kappa shape index (κ2) is 7.39. The number of aromatic nitrogens is 1. The third-order valence-electron chi connectivity index (χ3n) is 4.60. The minimum atomic E-state index is 0.0306. The van der Waals surface area contributed by atoms with Gasteiger partial charge in [0, 0.05) is 37.3 Å². The molecule has 1 aromatic carbocycles. The van der Waals surface area contributed by atoms with Gasteiger partial charge in [-0.25, -0.2) is 0 Å². The maximum atomic E-state index is 12.6. The van der Waals surface area contributed by atoms with Gasteiger partial charge in [0.15, 0.2) is 5.78 Å². The van der Waals surface area contributed by atoms with E-state index in [0.29, 0.717) is 5.56 Å². The zero-order chi connectivity index (χ0) is 16.9. The van der Waals surface area contributed by atoms with E-state index in [1.807, 2.05) is 48.2 Å². The van der Waals surface area contributed by atoms with E-state index < -0.39 is 0 Å². The average molecular weight is 322 g/mol. The summed E-state index contributed by atoms with van der Waals surface area (Å²) in [6.45, 7) is 2.76. The van der Waals surface area contributed by atoms with Crippen LogP contribution in [0.25, 0.3) is 0 Å². The molecule has 24 heavy (non-hydrogen) atoms. The van der Waals surface area contributed by atoms with Crippen LogP contribution in [-0.2, 0) is 4.79 Å². The fourth-order valence-electron chi connectivity index (χ4n) is 3.25. The van der Waals surface area contributed by atoms with Gasteiger partial charge in [0.2, 0.25) is 5.91 Å². The van der Waals surface area contributed by atoms with Crippen molar-refractivity contribution in [2.75, 3.05) is 6.54 Å². The zero-order valence-electron chi connectivity index (χ0n) is 13.9. The number of ketones is 1. The first-order chi connectivity index (χ1) is 11.6. The molecular formula is C20H22N2O2. The molecule has 1 amide bonds. The number of hydrogen-bond donors (Lipinski definition) is 0. The Hall–Kier alpha value is -2.49. The standard InChI is InChI=1S/C20H22N2O2/c1-15-4-6-17(7-5-15)19(23)8-9-20(24)22-14-2-3-18(22)16-10-12-21-13-11-16/h4-7,10-13,18H,2-3,8-9,14H2,1H3. The Morgan fingerprint density at radius 3 is 2.50 bits per heavy atom. The Labute approximate surface area is 142 Å². The molecule has 0 radical (unpaired) electrons. The average Bonchev–Trinajstić information content (AvgIpc) is 3.10. The SMILES string of the molecule is Cc1ccc(C(=O)CCC(=O)N2CCCC2c2ccncc2)cc1. The largest absolute Gasteiger partial charge is 0.336 e. The summed E-state index contributed by atoms with van der Waals surface area (Å²) in [5.74, 6) is 0.0952. The maximum absolute atomic E-state index is 12.6. The van der Waals surface area contributed by atoms with Gasteiger partial charge in [-0.15, -0.1) is 0 Å². The van der Waals surface area contributed by atoms with E-state index in [1.54, 1.807) is 12.4 Å². The van der Waals surface area contributed by atoms with Crippen LogP contribution in [0.15, 0.2) is 48.8 Å². The van der Waals surface area contributed by atoms with Crippen LogP contribution < -0.4 is 0 Å². The minimum absolute atomic E-state index is 0.0306. The quantitative estimate of drug-likeness (QED) is 0.788. The lowest BCUT2D eigenvalue weighted by Crippen LogP contribution is -2.30. The monoisotopic (exact) mass is 322 g/mol. The molecule has 2 heterocycles. The predicted molar refractivity (Wildman–Crippen MR) is 92.7 cm³/mol. The van der Waals surface area contributed by atoms with Gasteiger partial charge in [-0.3, -0.25) is 14.6 Å². The topological polar surface area (TPSA) is 50.3 Å². The number of aryl methyl sites for hydroxylation is 1. The molecule has 4 heteroatoms. The van der Waals surface area contributed by atoms with Crippen molar-refractivity contribution >= 4 is 11.7 Å². The fourth-order valence-corrected chi connectivity index (χ4v) is 3.25. The highest BCUT2D eigenvalue weighted by Gasteiger charge is 2.29. The third kappa shape index (κ3) is 3.70. The summed E-state index contributed by atoms with van der Waals surface area (Å²) >= 11 is 0. The zero-order valence-corrected chi connectivity index (χ0v) is 13.9. The molecule has 4 nitrogen and oxygen atoms in total. The highest BCUT2D eigenvalue weighted by atomic mass is 16.2. The molecule has 1 aliphatic heterocycles. The van der Waals surface area contributed by atoms with Crippen molar-refractivity contribution in [2.45, 2.75) is 38.6 Å². The van der Waals surface area contributed by atoms with E-state index in [1.165, 1.54) is 0 Å². The Kier molecular flexibility index (Phi) is 5.04. The number of rotatable bonds is 5. The van der Waals surface area contributed by atoms with Crippen LogP contribution in [0.2, 0.25) is 0 Å². The van der Waals surface area contributed by atoms with Crippen LogP contribution in [0.4, 0.5) is 0 Å². The van der Waals surface area contributed by atoms with Crippen LogP contribution in [0.3, 0.4) is 0 Å². The summed E-state index contributed by atoms with van der Waals surface area (Å²) in [5, 5.41) is 0. The molecule has 0 N–H and O–H groups in total. The van der Waals surface area contributed by atoms with Crippen molar-refractivity contribution in [3.63, 3.8) is 0 Å². The molecule has 1 fully saturated rings. The molecule has 0 bridgehead atoms. The van der Waals surface area contributed by atoms with E-state index in [2.05, 4.69) is 4.98 Å². The number of nitrogens with zero attached hydrogens (tertiary/aromatic N) is 2. The summed E-state index contributed by atoms with van der Waals surface area (Å²) in [4.78, 5) is 30.8. The maximum Gasteiger partial charge on any atom is 0.223 e. The second-order valence-electron chi connectivity index (χ2n) is 6.31. The van der Waals surface area contributed by atoms with Crippen LogP contribution in [-0.4, -0.2) is 28.1 Å². The first-order valence-electron chi connectivity index (χ1n) is 8.44. The summed E-state index contributed by atoms with van der Waals surface area (Å²) < 4.78 is 0. The number of carbonyl (C=O) groups is 2. The first kappa shape index (κ1) is 16.4. The summed E-state index contributed by atoms with van der Waals surface area (Å²) in [7, 11) is 0. The van der Waals surface area contributed by atoms with E-state index >= 15 is 0 Å². The van der Waals surface area contributed by atoms with Crippen molar-refractivity contribution in [3.8, 4) is 0 Å². The Morgan fingerprint density at radius 2 is 1.79 bits per heavy atom. The smallest absolute Gasteiger partial charge is 0.223 e. The van der Waals surface area contributed by atoms with Crippen LogP contribution >= 0.6 is 0 Å². The number of hydrogen-bond acceptors (Lipinski definition) is 3. The highest BCUT2D eigenvalue weighted by molar-refractivity contribution is 5.98. The molecule has 1 atom stereocenters. The molecular weight excluding hydrogens is 300 g/mol. The van der Waals surface area contributed by atoms with Crippen LogP contribution in [0, 0.1) is 6.92 Å². The van der Waals surface area contributed by atoms with Gasteiger partial charge in [0.25, 0.3) is 0 Å². The number of pyridine rings is 1. The molecule has 2 aromatic rings. The van der Waals surface area contributed by atoms with E-state index in [4.69, 9.17) is 0 Å². The molecule has 1 aliphatic rings. The second-order valence-corrected chi connectivity index (χ2v) is 6.31. The van der Waals surface area contributed by atoms with Gasteiger partial charge in [0.05, 0.1) is 6.04 Å². The predicted octanol–water partition coefficient (Wildman–Crippen LogP) is 3.72. The number of Topliss-reactive ketones (excluding diaryl/α,β-unsaturated/α-hetero) is 1. The number of amides is 1. The molecule has 1 unspecified atom stereocenters. The van der Waals surface area contributed by atoms with Crippen LogP contribution in [0.1, 0.15) is 53.2 Å². The van der Waals surface area contributed by atoms with Crippen molar-refractivity contribution in [3.05, 3.63) is 65.5 Å². The lowest BCUT2D eigenvalue weighted by Gasteiger charge is -2.25.